The molecule has 5 rings (SSSR count). The highest BCUT2D eigenvalue weighted by Crippen LogP contribution is 2.50. The number of aryl methyl sites for hydroxylation is 2. The smallest absolute Gasteiger partial charge is 0.266 e. The second kappa shape index (κ2) is 7.83. The summed E-state index contributed by atoms with van der Waals surface area (Å²) in [6, 6.07) is 10.9. The number of anilines is 1. The molecule has 0 fully saturated rings. The van der Waals surface area contributed by atoms with Crippen molar-refractivity contribution in [2.45, 2.75) is 19.8 Å². The van der Waals surface area contributed by atoms with Gasteiger partial charge in [-0.1, -0.05) is 29.0 Å². The Morgan fingerprint density at radius 1 is 1.23 bits per heavy atom. The third-order valence-corrected chi connectivity index (χ3v) is 7.14. The minimum Gasteiger partial charge on any atom is -0.444 e. The molecular weight excluding hydrogens is 438 g/mol. The van der Waals surface area contributed by atoms with Crippen LogP contribution >= 0.6 is 34.5 Å². The van der Waals surface area contributed by atoms with Crippen LogP contribution in [0.15, 0.2) is 48.8 Å². The monoisotopic (exact) mass is 453 g/mol. The Labute approximate surface area is 186 Å². The minimum atomic E-state index is -0.163. The van der Waals surface area contributed by atoms with Gasteiger partial charge in [0, 0.05) is 23.1 Å². The van der Waals surface area contributed by atoms with Crippen LogP contribution in [0.1, 0.15) is 26.5 Å². The molecule has 1 aromatic carbocycles. The van der Waals surface area contributed by atoms with E-state index in [4.69, 9.17) is 16.3 Å². The predicted molar refractivity (Wildman–Crippen MR) is 121 cm³/mol. The number of rotatable bonds is 4. The molecular formula is C22H16ClN3O2S2. The molecule has 3 heterocycles. The fourth-order valence-corrected chi connectivity index (χ4v) is 5.74. The van der Waals surface area contributed by atoms with Crippen LogP contribution in [0.4, 0.5) is 5.69 Å². The quantitative estimate of drug-likeness (QED) is 0.389. The molecule has 0 aliphatic heterocycles. The van der Waals surface area contributed by atoms with E-state index in [9.17, 15) is 4.79 Å². The SMILES string of the molecule is Cc1ncccc1Oc1sc(C(=O)Nc2cccc(Cl)c2)c2c1-c1sncc1CC2. The van der Waals surface area contributed by atoms with Crippen LogP contribution in [0, 0.1) is 6.92 Å². The van der Waals surface area contributed by atoms with Crippen LogP contribution in [0.25, 0.3) is 10.4 Å². The molecule has 0 radical (unpaired) electrons. The van der Waals surface area contributed by atoms with Crippen LogP contribution in [0.2, 0.25) is 5.02 Å². The van der Waals surface area contributed by atoms with Gasteiger partial charge in [-0.05, 0) is 72.8 Å². The number of nitrogens with zero attached hydrogens (tertiary/aromatic N) is 2. The summed E-state index contributed by atoms with van der Waals surface area (Å²) in [6.07, 6.45) is 5.27. The molecule has 0 unspecified atom stereocenters. The van der Waals surface area contributed by atoms with E-state index in [0.29, 0.717) is 26.4 Å². The molecule has 4 aromatic rings. The molecule has 0 spiro atoms. The van der Waals surface area contributed by atoms with Crippen molar-refractivity contribution in [3.05, 3.63) is 75.5 Å². The van der Waals surface area contributed by atoms with Gasteiger partial charge in [0.25, 0.3) is 5.91 Å². The number of fused-ring (bicyclic) bond motifs is 3. The number of hydrogen-bond donors (Lipinski definition) is 1. The molecule has 30 heavy (non-hydrogen) atoms. The molecule has 1 amide bonds. The van der Waals surface area contributed by atoms with E-state index >= 15 is 0 Å². The number of nitrogens with one attached hydrogen (secondary N) is 1. The Morgan fingerprint density at radius 3 is 2.97 bits per heavy atom. The Hall–Kier alpha value is -2.74. The highest BCUT2D eigenvalue weighted by Gasteiger charge is 2.31. The molecule has 0 bridgehead atoms. The highest BCUT2D eigenvalue weighted by molar-refractivity contribution is 7.17. The molecule has 3 aromatic heterocycles. The summed E-state index contributed by atoms with van der Waals surface area (Å²) in [4.78, 5) is 19.2. The van der Waals surface area contributed by atoms with E-state index in [2.05, 4.69) is 14.7 Å². The highest BCUT2D eigenvalue weighted by atomic mass is 35.5. The topological polar surface area (TPSA) is 64.1 Å². The van der Waals surface area contributed by atoms with Gasteiger partial charge in [0.1, 0.15) is 5.75 Å². The third-order valence-electron chi connectivity index (χ3n) is 4.94. The lowest BCUT2D eigenvalue weighted by Gasteiger charge is -2.14. The zero-order chi connectivity index (χ0) is 20.7. The maximum absolute atomic E-state index is 13.2. The van der Waals surface area contributed by atoms with Crippen LogP contribution in [-0.2, 0) is 12.8 Å². The van der Waals surface area contributed by atoms with Crippen molar-refractivity contribution in [1.29, 1.82) is 0 Å². The Balaban J connectivity index is 1.57. The minimum absolute atomic E-state index is 0.163. The van der Waals surface area contributed by atoms with Gasteiger partial charge in [0.05, 0.1) is 21.0 Å². The standard InChI is InChI=1S/C22H16ClN3O2S2/c1-12-17(6-3-9-24-12)28-22-18-16(8-7-13-11-25-30-19(13)18)20(29-22)21(27)26-15-5-2-4-14(23)10-15/h2-6,9-11H,7-8H2,1H3,(H,26,27). The molecule has 0 atom stereocenters. The Bertz CT molecular complexity index is 1270. The van der Waals surface area contributed by atoms with E-state index in [0.717, 1.165) is 34.5 Å². The van der Waals surface area contributed by atoms with Crippen molar-refractivity contribution in [3.63, 3.8) is 0 Å². The molecule has 150 valence electrons. The largest absolute Gasteiger partial charge is 0.444 e. The second-order valence-corrected chi connectivity index (χ2v) is 9.13. The summed E-state index contributed by atoms with van der Waals surface area (Å²) < 4.78 is 10.6. The molecule has 0 saturated heterocycles. The zero-order valence-electron chi connectivity index (χ0n) is 15.9. The predicted octanol–water partition coefficient (Wildman–Crippen LogP) is 6.37. The summed E-state index contributed by atoms with van der Waals surface area (Å²) in [6.45, 7) is 1.90. The number of carbonyl (C=O) groups is 1. The Morgan fingerprint density at radius 2 is 2.13 bits per heavy atom. The van der Waals surface area contributed by atoms with Crippen LogP contribution in [-0.4, -0.2) is 15.3 Å². The van der Waals surface area contributed by atoms with Gasteiger partial charge in [-0.3, -0.25) is 9.78 Å². The first-order valence-electron chi connectivity index (χ1n) is 9.36. The number of halogens is 1. The van der Waals surface area contributed by atoms with Gasteiger partial charge >= 0.3 is 0 Å². The fourth-order valence-electron chi connectivity index (χ4n) is 3.50. The van der Waals surface area contributed by atoms with Crippen LogP contribution in [0.3, 0.4) is 0 Å². The maximum atomic E-state index is 13.2. The number of ether oxygens (including phenoxy) is 1. The average Bonchev–Trinajstić information content (AvgIpc) is 3.34. The lowest BCUT2D eigenvalue weighted by molar-refractivity contribution is 0.102. The second-order valence-electron chi connectivity index (χ2n) is 6.91. The molecule has 0 saturated carbocycles. The summed E-state index contributed by atoms with van der Waals surface area (Å²) in [7, 11) is 0. The lowest BCUT2D eigenvalue weighted by Crippen LogP contribution is -2.13. The van der Waals surface area contributed by atoms with Gasteiger partial charge < -0.3 is 10.1 Å². The first kappa shape index (κ1) is 19.2. The number of carbonyl (C=O) groups excluding carboxylic acids is 1. The van der Waals surface area contributed by atoms with Gasteiger partial charge in [-0.2, -0.15) is 0 Å². The van der Waals surface area contributed by atoms with E-state index in [1.54, 1.807) is 18.3 Å². The van der Waals surface area contributed by atoms with E-state index < -0.39 is 0 Å². The molecule has 1 N–H and O–H groups in total. The van der Waals surface area contributed by atoms with Gasteiger partial charge in [-0.25, -0.2) is 4.37 Å². The van der Waals surface area contributed by atoms with Crippen molar-refractivity contribution in [3.8, 4) is 21.3 Å². The number of amides is 1. The molecule has 1 aliphatic rings. The summed E-state index contributed by atoms with van der Waals surface area (Å²) in [5, 5.41) is 4.23. The van der Waals surface area contributed by atoms with Gasteiger partial charge in [0.15, 0.2) is 5.06 Å². The van der Waals surface area contributed by atoms with Crippen molar-refractivity contribution < 1.29 is 9.53 Å². The summed E-state index contributed by atoms with van der Waals surface area (Å²) >= 11 is 8.86. The summed E-state index contributed by atoms with van der Waals surface area (Å²) in [5.74, 6) is 0.518. The van der Waals surface area contributed by atoms with Crippen molar-refractivity contribution in [2.24, 2.45) is 0 Å². The number of aromatic nitrogens is 2. The third kappa shape index (κ3) is 3.49. The zero-order valence-corrected chi connectivity index (χ0v) is 18.3. The van der Waals surface area contributed by atoms with E-state index in [-0.39, 0.29) is 5.91 Å². The van der Waals surface area contributed by atoms with E-state index in [1.165, 1.54) is 28.4 Å². The number of thiophene rings is 1. The fraction of sp³-hybridized carbons (Fsp3) is 0.136. The number of hydrogen-bond acceptors (Lipinski definition) is 6. The average molecular weight is 454 g/mol. The van der Waals surface area contributed by atoms with E-state index in [1.807, 2.05) is 37.4 Å². The van der Waals surface area contributed by atoms with Crippen molar-refractivity contribution >= 4 is 46.1 Å². The Kier molecular flexibility index (Phi) is 5.02. The summed E-state index contributed by atoms with van der Waals surface area (Å²) in [5.41, 5.74) is 4.63. The maximum Gasteiger partial charge on any atom is 0.266 e. The molecule has 8 heteroatoms. The lowest BCUT2D eigenvalue weighted by atomic mass is 9.93. The van der Waals surface area contributed by atoms with Crippen LogP contribution < -0.4 is 10.1 Å². The number of pyridine rings is 1. The number of benzene rings is 1. The van der Waals surface area contributed by atoms with Crippen molar-refractivity contribution in [2.75, 3.05) is 5.32 Å². The first-order valence-corrected chi connectivity index (χ1v) is 11.3. The first-order chi connectivity index (χ1) is 14.6. The molecule has 5 nitrogen and oxygen atoms in total. The normalized spacial score (nSPS) is 12.2. The van der Waals surface area contributed by atoms with Crippen molar-refractivity contribution in [1.82, 2.24) is 9.36 Å². The van der Waals surface area contributed by atoms with Gasteiger partial charge in [-0.15, -0.1) is 0 Å². The van der Waals surface area contributed by atoms with Gasteiger partial charge in [0.2, 0.25) is 0 Å². The van der Waals surface area contributed by atoms with Crippen LogP contribution in [0.5, 0.6) is 10.8 Å². The molecule has 1 aliphatic carbocycles.